The maximum Gasteiger partial charge on any atom is 0.135 e. The number of nitrogens with one attached hydrogen (secondary N) is 1. The van der Waals surface area contributed by atoms with E-state index in [2.05, 4.69) is 60.7 Å². The van der Waals surface area contributed by atoms with Gasteiger partial charge in [0.2, 0.25) is 0 Å². The summed E-state index contributed by atoms with van der Waals surface area (Å²) >= 11 is 0. The second kappa shape index (κ2) is 10.5. The Morgan fingerprint density at radius 3 is 1.74 bits per heavy atom. The molecule has 23 heavy (non-hydrogen) atoms. The van der Waals surface area contributed by atoms with Crippen molar-refractivity contribution in [2.75, 3.05) is 13.2 Å². The van der Waals surface area contributed by atoms with E-state index in [0.717, 1.165) is 19.6 Å². The van der Waals surface area contributed by atoms with Gasteiger partial charge in [0.25, 0.3) is 0 Å². The first-order valence-electron chi connectivity index (χ1n) is 9.01. The largest absolute Gasteiger partial charge is 0.376 e. The topological polar surface area (TPSA) is 38.3 Å². The number of ketones is 1. The van der Waals surface area contributed by atoms with Gasteiger partial charge >= 0.3 is 0 Å². The molecule has 0 rings (SSSR count). The first-order chi connectivity index (χ1) is 10.1. The molecule has 3 heteroatoms. The molecule has 0 fully saturated rings. The van der Waals surface area contributed by atoms with Gasteiger partial charge in [-0.1, -0.05) is 34.6 Å². The summed E-state index contributed by atoms with van der Waals surface area (Å²) in [7, 11) is 0. The normalized spacial score (nSPS) is 12.9. The Bertz CT molecular complexity index is 320. The molecule has 0 bridgehead atoms. The summed E-state index contributed by atoms with van der Waals surface area (Å²) in [5.74, 6) is 0.574. The Labute approximate surface area is 146 Å². The average Bonchev–Trinajstić information content (AvgIpc) is 2.33. The molecule has 0 aromatic rings. The monoisotopic (exact) mass is 329 g/mol. The fourth-order valence-corrected chi connectivity index (χ4v) is 1.63. The Hall–Kier alpha value is -0.410. The van der Waals surface area contributed by atoms with Gasteiger partial charge in [0.15, 0.2) is 0 Å². The van der Waals surface area contributed by atoms with E-state index >= 15 is 0 Å². The fraction of sp³-hybridized carbons (Fsp3) is 0.950. The molecule has 0 aliphatic rings. The molecule has 0 spiro atoms. The minimum Gasteiger partial charge on any atom is -0.376 e. The quantitative estimate of drug-likeness (QED) is 0.695. The SMILES string of the molecule is CC(C)(CCOC(C)(C)C)CNC(C)(C)C.CCC(=O)C(C)C. The van der Waals surface area contributed by atoms with Crippen molar-refractivity contribution < 1.29 is 9.53 Å². The lowest BCUT2D eigenvalue weighted by atomic mass is 9.88. The molecule has 0 aromatic carbocycles. The molecule has 0 atom stereocenters. The lowest BCUT2D eigenvalue weighted by Gasteiger charge is -2.31. The van der Waals surface area contributed by atoms with Gasteiger partial charge in [0.05, 0.1) is 5.60 Å². The van der Waals surface area contributed by atoms with Crippen molar-refractivity contribution in [3.8, 4) is 0 Å². The molecule has 0 saturated carbocycles. The minimum absolute atomic E-state index is 0.0203. The van der Waals surface area contributed by atoms with E-state index in [4.69, 9.17) is 4.74 Å². The molecule has 0 radical (unpaired) electrons. The summed E-state index contributed by atoms with van der Waals surface area (Å²) in [5, 5.41) is 3.55. The van der Waals surface area contributed by atoms with Crippen LogP contribution in [0.25, 0.3) is 0 Å². The van der Waals surface area contributed by atoms with Crippen LogP contribution in [0.4, 0.5) is 0 Å². The predicted octanol–water partition coefficient (Wildman–Crippen LogP) is 5.23. The van der Waals surface area contributed by atoms with Crippen molar-refractivity contribution in [3.63, 3.8) is 0 Å². The van der Waals surface area contributed by atoms with Crippen molar-refractivity contribution in [1.29, 1.82) is 0 Å². The van der Waals surface area contributed by atoms with Gasteiger partial charge in [-0.25, -0.2) is 0 Å². The first-order valence-corrected chi connectivity index (χ1v) is 9.01. The summed E-state index contributed by atoms with van der Waals surface area (Å²) in [6, 6.07) is 0. The number of Topliss-reactive ketones (excluding diaryl/α,β-unsaturated/α-hetero) is 1. The first kappa shape index (κ1) is 24.8. The third kappa shape index (κ3) is 19.5. The van der Waals surface area contributed by atoms with Gasteiger partial charge < -0.3 is 10.1 Å². The standard InChI is InChI=1S/C14H31NO.C6H12O/c1-12(2,3)15-11-14(7,8)9-10-16-13(4,5)6;1-4-6(7)5(2)3/h15H,9-11H2,1-8H3;5H,4H2,1-3H3. The van der Waals surface area contributed by atoms with E-state index in [0.29, 0.717) is 17.6 Å². The fourth-order valence-electron chi connectivity index (χ4n) is 1.63. The van der Waals surface area contributed by atoms with Crippen LogP contribution < -0.4 is 5.32 Å². The number of hydrogen-bond acceptors (Lipinski definition) is 3. The summed E-state index contributed by atoms with van der Waals surface area (Å²) in [6.45, 7) is 25.1. The smallest absolute Gasteiger partial charge is 0.135 e. The second-order valence-corrected chi connectivity index (χ2v) is 9.45. The van der Waals surface area contributed by atoms with E-state index in [1.54, 1.807) is 0 Å². The number of carbonyl (C=O) groups is 1. The van der Waals surface area contributed by atoms with Crippen LogP contribution >= 0.6 is 0 Å². The van der Waals surface area contributed by atoms with Crippen molar-refractivity contribution in [2.24, 2.45) is 11.3 Å². The van der Waals surface area contributed by atoms with Crippen LogP contribution in [-0.2, 0) is 9.53 Å². The molecule has 0 heterocycles. The van der Waals surface area contributed by atoms with E-state index in [-0.39, 0.29) is 17.1 Å². The second-order valence-electron chi connectivity index (χ2n) is 9.45. The number of hydrogen-bond donors (Lipinski definition) is 1. The predicted molar refractivity (Wildman–Crippen MR) is 102 cm³/mol. The summed E-state index contributed by atoms with van der Waals surface area (Å²) in [6.07, 6.45) is 1.77. The zero-order valence-electron chi connectivity index (χ0n) is 17.7. The van der Waals surface area contributed by atoms with Crippen LogP contribution in [0.3, 0.4) is 0 Å². The maximum absolute atomic E-state index is 10.5. The van der Waals surface area contributed by atoms with Gasteiger partial charge in [-0.3, -0.25) is 4.79 Å². The molecule has 1 N–H and O–H groups in total. The Morgan fingerprint density at radius 2 is 1.48 bits per heavy atom. The highest BCUT2D eigenvalue weighted by atomic mass is 16.5. The van der Waals surface area contributed by atoms with E-state index in [9.17, 15) is 4.79 Å². The van der Waals surface area contributed by atoms with Gasteiger partial charge in [-0.15, -0.1) is 0 Å². The minimum atomic E-state index is -0.0203. The average molecular weight is 330 g/mol. The van der Waals surface area contributed by atoms with Crippen LogP contribution in [0.1, 0.15) is 89.0 Å². The molecular formula is C20H43NO2. The van der Waals surface area contributed by atoms with Crippen LogP contribution in [0.5, 0.6) is 0 Å². The molecule has 0 aliphatic carbocycles. The summed E-state index contributed by atoms with van der Waals surface area (Å²) in [4.78, 5) is 10.5. The molecule has 0 aromatic heterocycles. The van der Waals surface area contributed by atoms with Crippen molar-refractivity contribution >= 4 is 5.78 Å². The van der Waals surface area contributed by atoms with E-state index in [1.165, 1.54) is 0 Å². The number of rotatable bonds is 7. The molecule has 3 nitrogen and oxygen atoms in total. The highest BCUT2D eigenvalue weighted by molar-refractivity contribution is 5.79. The van der Waals surface area contributed by atoms with Gasteiger partial charge in [0.1, 0.15) is 5.78 Å². The van der Waals surface area contributed by atoms with Crippen LogP contribution in [0.2, 0.25) is 0 Å². The Kier molecular flexibility index (Phi) is 11.3. The Morgan fingerprint density at radius 1 is 1.00 bits per heavy atom. The molecule has 0 amide bonds. The van der Waals surface area contributed by atoms with Gasteiger partial charge in [0, 0.05) is 31.0 Å². The van der Waals surface area contributed by atoms with Gasteiger partial charge in [-0.05, 0) is 53.4 Å². The number of ether oxygens (including phenoxy) is 1. The maximum atomic E-state index is 10.5. The van der Waals surface area contributed by atoms with Crippen LogP contribution in [0.15, 0.2) is 0 Å². The van der Waals surface area contributed by atoms with Crippen molar-refractivity contribution in [3.05, 3.63) is 0 Å². The highest BCUT2D eigenvalue weighted by Crippen LogP contribution is 2.21. The third-order valence-corrected chi connectivity index (χ3v) is 3.40. The zero-order chi connectivity index (χ0) is 18.9. The van der Waals surface area contributed by atoms with E-state index in [1.807, 2.05) is 20.8 Å². The number of carbonyl (C=O) groups excluding carboxylic acids is 1. The summed E-state index contributed by atoms with van der Waals surface area (Å²) < 4.78 is 5.77. The zero-order valence-corrected chi connectivity index (χ0v) is 17.7. The summed E-state index contributed by atoms with van der Waals surface area (Å²) in [5.41, 5.74) is 0.466. The lowest BCUT2D eigenvalue weighted by molar-refractivity contribution is -0.121. The molecular weight excluding hydrogens is 286 g/mol. The highest BCUT2D eigenvalue weighted by Gasteiger charge is 2.21. The van der Waals surface area contributed by atoms with Crippen LogP contribution in [0, 0.1) is 11.3 Å². The molecule has 140 valence electrons. The van der Waals surface area contributed by atoms with Crippen molar-refractivity contribution in [1.82, 2.24) is 5.32 Å². The third-order valence-electron chi connectivity index (χ3n) is 3.40. The van der Waals surface area contributed by atoms with Gasteiger partial charge in [-0.2, -0.15) is 0 Å². The molecule has 0 saturated heterocycles. The Balaban J connectivity index is 0. The lowest BCUT2D eigenvalue weighted by Crippen LogP contribution is -2.42. The molecule has 0 unspecified atom stereocenters. The van der Waals surface area contributed by atoms with Crippen LogP contribution in [-0.4, -0.2) is 30.1 Å². The van der Waals surface area contributed by atoms with E-state index < -0.39 is 0 Å². The molecule has 0 aliphatic heterocycles. The van der Waals surface area contributed by atoms with Crippen molar-refractivity contribution in [2.45, 2.75) is 100 Å².